The lowest BCUT2D eigenvalue weighted by molar-refractivity contribution is 0.415. The number of aryl methyl sites for hydroxylation is 1. The predicted molar refractivity (Wildman–Crippen MR) is 62.7 cm³/mol. The Hall–Kier alpha value is -1.28. The molecule has 0 atom stereocenters. The summed E-state index contributed by atoms with van der Waals surface area (Å²) in [5.74, 6) is 1.46. The van der Waals surface area contributed by atoms with Gasteiger partial charge < -0.3 is 4.74 Å². The first-order valence-corrected chi connectivity index (χ1v) is 5.36. The van der Waals surface area contributed by atoms with Crippen molar-refractivity contribution in [3.63, 3.8) is 0 Å². The summed E-state index contributed by atoms with van der Waals surface area (Å²) in [6.07, 6.45) is 2.61. The molecule has 2 nitrogen and oxygen atoms in total. The molecule has 0 aliphatic carbocycles. The highest BCUT2D eigenvalue weighted by atomic mass is 35.5. The molecule has 1 aromatic carbocycles. The van der Waals surface area contributed by atoms with Crippen molar-refractivity contribution >= 4 is 22.4 Å². The summed E-state index contributed by atoms with van der Waals surface area (Å²) in [5.41, 5.74) is 1.05. The number of pyridine rings is 1. The number of methoxy groups -OCH3 is 1. The molecule has 0 fully saturated rings. The zero-order valence-corrected chi connectivity index (χ0v) is 9.29. The Morgan fingerprint density at radius 3 is 2.93 bits per heavy atom. The number of nitrogens with zero attached hydrogens (tertiary/aromatic N) is 1. The molecule has 0 unspecified atom stereocenters. The maximum Gasteiger partial charge on any atom is 0.119 e. The van der Waals surface area contributed by atoms with Crippen LogP contribution in [0.15, 0.2) is 30.5 Å². The second-order valence-electron chi connectivity index (χ2n) is 3.28. The molecule has 0 saturated heterocycles. The van der Waals surface area contributed by atoms with Crippen molar-refractivity contribution in [3.05, 3.63) is 36.2 Å². The third-order valence-corrected chi connectivity index (χ3v) is 2.57. The van der Waals surface area contributed by atoms with Gasteiger partial charge in [-0.15, -0.1) is 11.6 Å². The third kappa shape index (κ3) is 2.05. The minimum atomic E-state index is 0.595. The van der Waals surface area contributed by atoms with Gasteiger partial charge >= 0.3 is 0 Å². The van der Waals surface area contributed by atoms with Crippen LogP contribution in [-0.2, 0) is 6.42 Å². The summed E-state index contributed by atoms with van der Waals surface area (Å²) in [7, 11) is 1.67. The molecule has 15 heavy (non-hydrogen) atoms. The van der Waals surface area contributed by atoms with Crippen LogP contribution in [0.4, 0.5) is 0 Å². The van der Waals surface area contributed by atoms with E-state index in [4.69, 9.17) is 16.3 Å². The molecule has 1 heterocycles. The number of rotatable bonds is 3. The number of benzene rings is 1. The van der Waals surface area contributed by atoms with E-state index >= 15 is 0 Å². The first kappa shape index (κ1) is 10.2. The molecular weight excluding hydrogens is 210 g/mol. The number of ether oxygens (including phenoxy) is 1. The highest BCUT2D eigenvalue weighted by Gasteiger charge is 2.02. The predicted octanol–water partition coefficient (Wildman–Crippen LogP) is 3.02. The molecule has 2 rings (SSSR count). The maximum atomic E-state index is 5.73. The topological polar surface area (TPSA) is 22.1 Å². The molecule has 0 aliphatic heterocycles. The molecular formula is C12H12ClNO. The number of aromatic nitrogens is 1. The third-order valence-electron chi connectivity index (χ3n) is 2.39. The van der Waals surface area contributed by atoms with Crippen molar-refractivity contribution in [3.8, 4) is 5.75 Å². The van der Waals surface area contributed by atoms with Gasteiger partial charge in [0.25, 0.3) is 0 Å². The maximum absolute atomic E-state index is 5.73. The summed E-state index contributed by atoms with van der Waals surface area (Å²) < 4.78 is 5.18. The second-order valence-corrected chi connectivity index (χ2v) is 3.66. The average molecular weight is 222 g/mol. The van der Waals surface area contributed by atoms with E-state index in [-0.39, 0.29) is 0 Å². The van der Waals surface area contributed by atoms with E-state index in [1.165, 1.54) is 0 Å². The lowest BCUT2D eigenvalue weighted by Crippen LogP contribution is -1.93. The van der Waals surface area contributed by atoms with Crippen LogP contribution in [-0.4, -0.2) is 18.0 Å². The van der Waals surface area contributed by atoms with Crippen LogP contribution in [0.3, 0.4) is 0 Å². The first-order valence-electron chi connectivity index (χ1n) is 4.83. The van der Waals surface area contributed by atoms with Gasteiger partial charge in [-0.3, -0.25) is 4.98 Å². The van der Waals surface area contributed by atoms with Gasteiger partial charge in [0.2, 0.25) is 0 Å². The molecule has 0 spiro atoms. The lowest BCUT2D eigenvalue weighted by atomic mass is 10.1. The normalized spacial score (nSPS) is 10.5. The Bertz CT molecular complexity index is 470. The monoisotopic (exact) mass is 221 g/mol. The Morgan fingerprint density at radius 2 is 2.20 bits per heavy atom. The molecule has 0 radical (unpaired) electrons. The largest absolute Gasteiger partial charge is 0.497 e. The summed E-state index contributed by atoms with van der Waals surface area (Å²) in [5, 5.41) is 2.29. The van der Waals surface area contributed by atoms with Crippen LogP contribution < -0.4 is 4.74 Å². The highest BCUT2D eigenvalue weighted by molar-refractivity contribution is 6.18. The zero-order valence-electron chi connectivity index (χ0n) is 8.53. The fourth-order valence-corrected chi connectivity index (χ4v) is 1.81. The van der Waals surface area contributed by atoms with Gasteiger partial charge in [0.05, 0.1) is 7.11 Å². The fraction of sp³-hybridized carbons (Fsp3) is 0.250. The minimum Gasteiger partial charge on any atom is -0.497 e. The van der Waals surface area contributed by atoms with Crippen LogP contribution in [0, 0.1) is 0 Å². The summed E-state index contributed by atoms with van der Waals surface area (Å²) in [6, 6.07) is 7.97. The number of hydrogen-bond donors (Lipinski definition) is 0. The van der Waals surface area contributed by atoms with Gasteiger partial charge in [0.15, 0.2) is 0 Å². The first-order chi connectivity index (χ1) is 7.35. The SMILES string of the molecule is COc1ccc2c(CCCl)nccc2c1. The Morgan fingerprint density at radius 1 is 1.33 bits per heavy atom. The van der Waals surface area contributed by atoms with Gasteiger partial charge in [0.1, 0.15) is 5.75 Å². The van der Waals surface area contributed by atoms with Crippen molar-refractivity contribution in [2.24, 2.45) is 0 Å². The van der Waals surface area contributed by atoms with E-state index in [1.54, 1.807) is 7.11 Å². The molecule has 0 amide bonds. The molecule has 0 aliphatic rings. The van der Waals surface area contributed by atoms with Crippen molar-refractivity contribution in [1.82, 2.24) is 4.98 Å². The van der Waals surface area contributed by atoms with Crippen molar-refractivity contribution in [1.29, 1.82) is 0 Å². The molecule has 0 saturated carbocycles. The molecule has 0 bridgehead atoms. The standard InChI is InChI=1S/C12H12ClNO/c1-15-10-2-3-11-9(8-10)5-7-14-12(11)4-6-13/h2-3,5,7-8H,4,6H2,1H3. The van der Waals surface area contributed by atoms with Gasteiger partial charge in [-0.1, -0.05) is 0 Å². The Kier molecular flexibility index (Phi) is 3.07. The zero-order chi connectivity index (χ0) is 10.7. The second kappa shape index (κ2) is 4.49. The highest BCUT2D eigenvalue weighted by Crippen LogP contribution is 2.22. The summed E-state index contributed by atoms with van der Waals surface area (Å²) in [4.78, 5) is 4.33. The number of hydrogen-bond acceptors (Lipinski definition) is 2. The van der Waals surface area contributed by atoms with Crippen molar-refractivity contribution in [2.45, 2.75) is 6.42 Å². The van der Waals surface area contributed by atoms with E-state index in [9.17, 15) is 0 Å². The average Bonchev–Trinajstić information content (AvgIpc) is 2.29. The Balaban J connectivity index is 2.56. The van der Waals surface area contributed by atoms with Gasteiger partial charge in [0, 0.05) is 29.6 Å². The van der Waals surface area contributed by atoms with E-state index < -0.39 is 0 Å². The fourth-order valence-electron chi connectivity index (χ4n) is 1.63. The van der Waals surface area contributed by atoms with Crippen molar-refractivity contribution in [2.75, 3.05) is 13.0 Å². The van der Waals surface area contributed by atoms with Crippen LogP contribution in [0.25, 0.3) is 10.8 Å². The van der Waals surface area contributed by atoms with E-state index in [1.807, 2.05) is 30.5 Å². The summed E-state index contributed by atoms with van der Waals surface area (Å²) >= 11 is 5.73. The smallest absolute Gasteiger partial charge is 0.119 e. The number of fused-ring (bicyclic) bond motifs is 1. The van der Waals surface area contributed by atoms with Crippen molar-refractivity contribution < 1.29 is 4.74 Å². The lowest BCUT2D eigenvalue weighted by Gasteiger charge is -2.05. The molecule has 3 heteroatoms. The number of halogens is 1. The van der Waals surface area contributed by atoms with Gasteiger partial charge in [-0.05, 0) is 29.7 Å². The quantitative estimate of drug-likeness (QED) is 0.744. The summed E-state index contributed by atoms with van der Waals surface area (Å²) in [6.45, 7) is 0. The molecule has 1 aromatic heterocycles. The minimum absolute atomic E-state index is 0.595. The Labute approximate surface area is 93.8 Å². The van der Waals surface area contributed by atoms with E-state index in [2.05, 4.69) is 4.98 Å². The van der Waals surface area contributed by atoms with Gasteiger partial charge in [-0.2, -0.15) is 0 Å². The van der Waals surface area contributed by atoms with E-state index in [0.717, 1.165) is 28.6 Å². The molecule has 0 N–H and O–H groups in total. The van der Waals surface area contributed by atoms with Crippen LogP contribution >= 0.6 is 11.6 Å². The van der Waals surface area contributed by atoms with Crippen LogP contribution in [0.2, 0.25) is 0 Å². The van der Waals surface area contributed by atoms with Gasteiger partial charge in [-0.25, -0.2) is 0 Å². The van der Waals surface area contributed by atoms with E-state index in [0.29, 0.717) is 5.88 Å². The molecule has 2 aromatic rings. The van der Waals surface area contributed by atoms with Crippen LogP contribution in [0.5, 0.6) is 5.75 Å². The molecule has 78 valence electrons. The van der Waals surface area contributed by atoms with Crippen LogP contribution in [0.1, 0.15) is 5.69 Å². The number of alkyl halides is 1.